The fraction of sp³-hybridized carbons (Fsp3) is 0.500. The first kappa shape index (κ1) is 17.7. The van der Waals surface area contributed by atoms with Gasteiger partial charge < -0.3 is 19.4 Å². The minimum atomic E-state index is -2.88. The highest BCUT2D eigenvalue weighted by Gasteiger charge is 2.30. The maximum Gasteiger partial charge on any atom is 0.387 e. The molecule has 0 spiro atoms. The van der Waals surface area contributed by atoms with Gasteiger partial charge in [0.05, 0.1) is 12.2 Å². The number of piperidine rings is 1. The van der Waals surface area contributed by atoms with Gasteiger partial charge in [0.1, 0.15) is 5.75 Å². The molecule has 1 saturated heterocycles. The molecule has 2 aromatic rings. The number of halogens is 2. The lowest BCUT2D eigenvalue weighted by Crippen LogP contribution is -2.39. The molecule has 25 heavy (non-hydrogen) atoms. The molecule has 7 heteroatoms. The van der Waals surface area contributed by atoms with E-state index in [0.29, 0.717) is 23.1 Å². The van der Waals surface area contributed by atoms with Crippen LogP contribution in [0.3, 0.4) is 0 Å². The first-order valence-corrected chi connectivity index (χ1v) is 8.28. The third-order valence-electron chi connectivity index (χ3n) is 4.84. The van der Waals surface area contributed by atoms with Gasteiger partial charge in [-0.25, -0.2) is 4.79 Å². The lowest BCUT2D eigenvalue weighted by Gasteiger charge is -2.37. The fourth-order valence-electron chi connectivity index (χ4n) is 3.07. The van der Waals surface area contributed by atoms with Crippen LogP contribution in [-0.2, 0) is 4.74 Å². The lowest BCUT2D eigenvalue weighted by atomic mass is 9.81. The Hall–Kier alpha value is -2.15. The summed E-state index contributed by atoms with van der Waals surface area (Å²) in [6.07, 6.45) is 3.51. The van der Waals surface area contributed by atoms with Gasteiger partial charge in [-0.2, -0.15) is 8.78 Å². The second kappa shape index (κ2) is 7.00. The van der Waals surface area contributed by atoms with Crippen molar-refractivity contribution in [1.29, 1.82) is 0 Å². The number of benzene rings is 1. The van der Waals surface area contributed by atoms with Crippen LogP contribution in [-0.4, -0.2) is 49.2 Å². The number of carbonyl (C=O) groups excluding carboxylic acids is 1. The monoisotopic (exact) mass is 352 g/mol. The van der Waals surface area contributed by atoms with Crippen molar-refractivity contribution in [3.05, 3.63) is 30.0 Å². The summed E-state index contributed by atoms with van der Waals surface area (Å²) in [4.78, 5) is 17.6. The largest absolute Gasteiger partial charge is 0.461 e. The normalized spacial score (nSPS) is 17.8. The fourth-order valence-corrected chi connectivity index (χ4v) is 3.07. The number of alkyl halides is 2. The van der Waals surface area contributed by atoms with E-state index in [0.717, 1.165) is 25.9 Å². The molecule has 0 radical (unpaired) electrons. The zero-order valence-electron chi connectivity index (χ0n) is 14.4. The number of hydrogen-bond donors (Lipinski definition) is 1. The number of carbonyl (C=O) groups is 1. The number of hydrogen-bond acceptors (Lipinski definition) is 4. The zero-order valence-corrected chi connectivity index (χ0v) is 14.4. The maximum absolute atomic E-state index is 12.4. The molecule has 0 saturated carbocycles. The van der Waals surface area contributed by atoms with E-state index in [1.54, 1.807) is 6.07 Å². The molecule has 0 atom stereocenters. The van der Waals surface area contributed by atoms with Crippen LogP contribution in [0.1, 0.15) is 30.1 Å². The number of nitrogens with one attached hydrogen (secondary N) is 1. The Bertz CT molecular complexity index is 752. The summed E-state index contributed by atoms with van der Waals surface area (Å²) in [6, 6.07) is 4.44. The minimum Gasteiger partial charge on any atom is -0.461 e. The number of H-pyrrole nitrogens is 1. The van der Waals surface area contributed by atoms with Gasteiger partial charge in [0.2, 0.25) is 0 Å². The third kappa shape index (κ3) is 4.10. The summed E-state index contributed by atoms with van der Waals surface area (Å²) in [5.41, 5.74) is 0.942. The Kier molecular flexibility index (Phi) is 4.94. The molecule has 0 unspecified atom stereocenters. The molecule has 0 bridgehead atoms. The number of aromatic nitrogens is 1. The Morgan fingerprint density at radius 2 is 2.08 bits per heavy atom. The van der Waals surface area contributed by atoms with Crippen molar-refractivity contribution in [3.8, 4) is 5.75 Å². The molecule has 1 aliphatic heterocycles. The van der Waals surface area contributed by atoms with Crippen LogP contribution in [0.4, 0.5) is 8.78 Å². The van der Waals surface area contributed by atoms with Crippen LogP contribution in [0.5, 0.6) is 5.75 Å². The Balaban J connectivity index is 1.68. The molecule has 0 amide bonds. The standard InChI is InChI=1S/C18H22F2N2O3/c1-18(5-7-22(2)8-6-18)11-24-16(23)14-10-21-15-9-12(25-17(19)20)3-4-13(14)15/h3-4,9-10,17,21H,5-8,11H2,1-2H3. The summed E-state index contributed by atoms with van der Waals surface area (Å²) in [5.74, 6) is -0.364. The highest BCUT2D eigenvalue weighted by Crippen LogP contribution is 2.31. The molecule has 1 aliphatic rings. The third-order valence-corrected chi connectivity index (χ3v) is 4.84. The van der Waals surface area contributed by atoms with Crippen LogP contribution >= 0.6 is 0 Å². The first-order valence-electron chi connectivity index (χ1n) is 8.28. The van der Waals surface area contributed by atoms with Gasteiger partial charge in [0.15, 0.2) is 0 Å². The predicted octanol–water partition coefficient (Wildman–Crippen LogP) is 3.66. The molecule has 3 rings (SSSR count). The van der Waals surface area contributed by atoms with E-state index in [-0.39, 0.29) is 11.2 Å². The minimum absolute atomic E-state index is 0.00739. The molecular formula is C18H22F2N2O3. The van der Waals surface area contributed by atoms with Gasteiger partial charge in [-0.1, -0.05) is 6.92 Å². The van der Waals surface area contributed by atoms with E-state index in [9.17, 15) is 13.6 Å². The van der Waals surface area contributed by atoms with Crippen LogP contribution in [0.25, 0.3) is 10.9 Å². The molecule has 1 N–H and O–H groups in total. The topological polar surface area (TPSA) is 54.6 Å². The molecule has 1 aromatic heterocycles. The number of likely N-dealkylation sites (tertiary alicyclic amines) is 1. The summed E-state index contributed by atoms with van der Waals surface area (Å²) >= 11 is 0. The number of nitrogens with zero attached hydrogens (tertiary/aromatic N) is 1. The second-order valence-corrected chi connectivity index (χ2v) is 6.98. The van der Waals surface area contributed by atoms with Gasteiger partial charge >= 0.3 is 12.6 Å². The Labute approximate surface area is 144 Å². The van der Waals surface area contributed by atoms with Crippen molar-refractivity contribution in [2.75, 3.05) is 26.7 Å². The van der Waals surface area contributed by atoms with Crippen molar-refractivity contribution < 1.29 is 23.0 Å². The lowest BCUT2D eigenvalue weighted by molar-refractivity contribution is -0.0497. The summed E-state index contributed by atoms with van der Waals surface area (Å²) in [5, 5.41) is 0.625. The predicted molar refractivity (Wildman–Crippen MR) is 90.1 cm³/mol. The molecular weight excluding hydrogens is 330 g/mol. The zero-order chi connectivity index (χ0) is 18.0. The van der Waals surface area contributed by atoms with E-state index in [1.165, 1.54) is 18.3 Å². The van der Waals surface area contributed by atoms with Crippen molar-refractivity contribution in [1.82, 2.24) is 9.88 Å². The van der Waals surface area contributed by atoms with Crippen LogP contribution in [0.2, 0.25) is 0 Å². The summed E-state index contributed by atoms with van der Waals surface area (Å²) in [6.45, 7) is 1.62. The van der Waals surface area contributed by atoms with Gasteiger partial charge in [0.25, 0.3) is 0 Å². The van der Waals surface area contributed by atoms with E-state index < -0.39 is 12.6 Å². The molecule has 2 heterocycles. The van der Waals surface area contributed by atoms with Gasteiger partial charge in [-0.05, 0) is 45.1 Å². The highest BCUT2D eigenvalue weighted by atomic mass is 19.3. The second-order valence-electron chi connectivity index (χ2n) is 6.98. The molecule has 136 valence electrons. The van der Waals surface area contributed by atoms with Crippen molar-refractivity contribution in [3.63, 3.8) is 0 Å². The number of ether oxygens (including phenoxy) is 2. The maximum atomic E-state index is 12.4. The van der Waals surface area contributed by atoms with Crippen molar-refractivity contribution in [2.24, 2.45) is 5.41 Å². The van der Waals surface area contributed by atoms with Crippen LogP contribution in [0, 0.1) is 5.41 Å². The van der Waals surface area contributed by atoms with Gasteiger partial charge in [0, 0.05) is 28.6 Å². The van der Waals surface area contributed by atoms with Gasteiger partial charge in [-0.3, -0.25) is 0 Å². The molecule has 1 fully saturated rings. The summed E-state index contributed by atoms with van der Waals surface area (Å²) in [7, 11) is 2.09. The average molecular weight is 352 g/mol. The molecule has 1 aromatic carbocycles. The number of aromatic amines is 1. The van der Waals surface area contributed by atoms with E-state index >= 15 is 0 Å². The average Bonchev–Trinajstić information content (AvgIpc) is 2.98. The van der Waals surface area contributed by atoms with Crippen LogP contribution < -0.4 is 4.74 Å². The van der Waals surface area contributed by atoms with E-state index in [2.05, 4.69) is 28.6 Å². The molecule has 5 nitrogen and oxygen atoms in total. The number of fused-ring (bicyclic) bond motifs is 1. The SMILES string of the molecule is CN1CCC(C)(COC(=O)c2c[nH]c3cc(OC(F)F)ccc23)CC1. The van der Waals surface area contributed by atoms with Crippen LogP contribution in [0.15, 0.2) is 24.4 Å². The number of rotatable bonds is 5. The smallest absolute Gasteiger partial charge is 0.387 e. The van der Waals surface area contributed by atoms with Crippen molar-refractivity contribution in [2.45, 2.75) is 26.4 Å². The first-order chi connectivity index (χ1) is 11.9. The highest BCUT2D eigenvalue weighted by molar-refractivity contribution is 6.04. The van der Waals surface area contributed by atoms with Crippen molar-refractivity contribution >= 4 is 16.9 Å². The Morgan fingerprint density at radius 3 is 2.76 bits per heavy atom. The molecule has 0 aliphatic carbocycles. The van der Waals surface area contributed by atoms with E-state index in [4.69, 9.17) is 4.74 Å². The summed E-state index contributed by atoms with van der Waals surface area (Å²) < 4.78 is 34.5. The Morgan fingerprint density at radius 1 is 1.36 bits per heavy atom. The van der Waals surface area contributed by atoms with E-state index in [1.807, 2.05) is 0 Å². The van der Waals surface area contributed by atoms with Gasteiger partial charge in [-0.15, -0.1) is 0 Å². The quantitative estimate of drug-likeness (QED) is 0.835. The number of esters is 1.